The molecule has 0 aliphatic heterocycles. The zero-order chi connectivity index (χ0) is 13.0. The van der Waals surface area contributed by atoms with Crippen molar-refractivity contribution in [3.63, 3.8) is 0 Å². The highest BCUT2D eigenvalue weighted by atomic mass is 14.6. The van der Waals surface area contributed by atoms with Gasteiger partial charge in [0.25, 0.3) is 0 Å². The highest BCUT2D eigenvalue weighted by Crippen LogP contribution is 2.23. The summed E-state index contributed by atoms with van der Waals surface area (Å²) >= 11 is 0. The van der Waals surface area contributed by atoms with Crippen molar-refractivity contribution in [3.8, 4) is 17.2 Å². The third-order valence-electron chi connectivity index (χ3n) is 2.85. The lowest BCUT2D eigenvalue weighted by atomic mass is 9.98. The molecule has 2 heteroatoms. The summed E-state index contributed by atoms with van der Waals surface area (Å²) in [5.41, 5.74) is 3.97. The second kappa shape index (κ2) is 5.46. The van der Waals surface area contributed by atoms with Crippen molar-refractivity contribution >= 4 is 0 Å². The van der Waals surface area contributed by atoms with Crippen LogP contribution in [0.3, 0.4) is 0 Å². The number of benzene rings is 1. The van der Waals surface area contributed by atoms with Gasteiger partial charge in [0.15, 0.2) is 0 Å². The molecule has 2 rings (SSSR count). The van der Waals surface area contributed by atoms with Gasteiger partial charge in [-0.3, -0.25) is 4.98 Å². The van der Waals surface area contributed by atoms with Crippen molar-refractivity contribution < 1.29 is 0 Å². The molecule has 0 saturated carbocycles. The smallest absolute Gasteiger partial charge is 0.101 e. The van der Waals surface area contributed by atoms with E-state index in [1.165, 1.54) is 5.56 Å². The summed E-state index contributed by atoms with van der Waals surface area (Å²) in [6.45, 7) is 4.43. The monoisotopic (exact) mass is 236 g/mol. The summed E-state index contributed by atoms with van der Waals surface area (Å²) in [5, 5.41) is 9.06. The van der Waals surface area contributed by atoms with E-state index in [-0.39, 0.29) is 0 Å². The van der Waals surface area contributed by atoms with Gasteiger partial charge < -0.3 is 0 Å². The van der Waals surface area contributed by atoms with Crippen LogP contribution in [0, 0.1) is 17.2 Å². The maximum Gasteiger partial charge on any atom is 0.101 e. The van der Waals surface area contributed by atoms with Crippen LogP contribution < -0.4 is 0 Å². The first kappa shape index (κ1) is 12.3. The SMILES string of the molecule is CC(C)Cc1ccc(-c2ccncc2C#N)cc1. The van der Waals surface area contributed by atoms with Gasteiger partial charge in [0.05, 0.1) is 5.56 Å². The van der Waals surface area contributed by atoms with Crippen LogP contribution >= 0.6 is 0 Å². The number of hydrogen-bond donors (Lipinski definition) is 0. The Labute approximate surface area is 108 Å². The first-order valence-corrected chi connectivity index (χ1v) is 6.14. The molecule has 0 unspecified atom stereocenters. The molecule has 2 aromatic rings. The Kier molecular flexibility index (Phi) is 3.74. The molecule has 0 aliphatic carbocycles. The van der Waals surface area contributed by atoms with Gasteiger partial charge in [-0.1, -0.05) is 38.1 Å². The maximum absolute atomic E-state index is 9.06. The zero-order valence-corrected chi connectivity index (χ0v) is 10.7. The van der Waals surface area contributed by atoms with E-state index >= 15 is 0 Å². The summed E-state index contributed by atoms with van der Waals surface area (Å²) in [4.78, 5) is 3.98. The van der Waals surface area contributed by atoms with Gasteiger partial charge in [-0.05, 0) is 29.5 Å². The normalized spacial score (nSPS) is 10.3. The van der Waals surface area contributed by atoms with Crippen molar-refractivity contribution in [1.29, 1.82) is 5.26 Å². The van der Waals surface area contributed by atoms with Crippen LogP contribution in [0.4, 0.5) is 0 Å². The first-order chi connectivity index (χ1) is 8.70. The van der Waals surface area contributed by atoms with Gasteiger partial charge >= 0.3 is 0 Å². The topological polar surface area (TPSA) is 36.7 Å². The Morgan fingerprint density at radius 1 is 1.17 bits per heavy atom. The minimum atomic E-state index is 0.620. The number of rotatable bonds is 3. The lowest BCUT2D eigenvalue weighted by molar-refractivity contribution is 0.647. The minimum absolute atomic E-state index is 0.620. The highest BCUT2D eigenvalue weighted by molar-refractivity contribution is 5.69. The summed E-state index contributed by atoms with van der Waals surface area (Å²) in [6.07, 6.45) is 4.41. The first-order valence-electron chi connectivity index (χ1n) is 6.14. The molecule has 1 aromatic carbocycles. The minimum Gasteiger partial charge on any atom is -0.263 e. The van der Waals surface area contributed by atoms with Gasteiger partial charge in [-0.2, -0.15) is 5.26 Å². The third kappa shape index (κ3) is 2.75. The van der Waals surface area contributed by atoms with E-state index in [1.807, 2.05) is 6.07 Å². The molecule has 0 radical (unpaired) electrons. The molecule has 18 heavy (non-hydrogen) atoms. The van der Waals surface area contributed by atoms with Crippen molar-refractivity contribution in [2.45, 2.75) is 20.3 Å². The molecule has 0 fully saturated rings. The van der Waals surface area contributed by atoms with Crippen molar-refractivity contribution in [2.24, 2.45) is 5.92 Å². The predicted octanol–water partition coefficient (Wildman–Crippen LogP) is 3.82. The standard InChI is InChI=1S/C16H16N2/c1-12(2)9-13-3-5-14(6-4-13)16-7-8-18-11-15(16)10-17/h3-8,11-12H,9H2,1-2H3. The molecule has 0 atom stereocenters. The fourth-order valence-electron chi connectivity index (χ4n) is 2.03. The molecular formula is C16H16N2. The molecule has 1 aromatic heterocycles. The lowest BCUT2D eigenvalue weighted by Crippen LogP contribution is -1.93. The number of nitrogens with zero attached hydrogens (tertiary/aromatic N) is 2. The van der Waals surface area contributed by atoms with Crippen LogP contribution in [0.5, 0.6) is 0 Å². The number of pyridine rings is 1. The summed E-state index contributed by atoms with van der Waals surface area (Å²) in [5.74, 6) is 0.659. The van der Waals surface area contributed by atoms with E-state index in [9.17, 15) is 0 Å². The second-order valence-corrected chi connectivity index (χ2v) is 4.83. The van der Waals surface area contributed by atoms with Gasteiger partial charge in [0.1, 0.15) is 6.07 Å². The molecule has 2 nitrogen and oxygen atoms in total. The largest absolute Gasteiger partial charge is 0.263 e. The Hall–Kier alpha value is -2.14. The third-order valence-corrected chi connectivity index (χ3v) is 2.85. The number of hydrogen-bond acceptors (Lipinski definition) is 2. The fraction of sp³-hybridized carbons (Fsp3) is 0.250. The molecule has 0 aliphatic rings. The van der Waals surface area contributed by atoms with E-state index in [1.54, 1.807) is 12.4 Å². The summed E-state index contributed by atoms with van der Waals surface area (Å²) < 4.78 is 0. The van der Waals surface area contributed by atoms with Gasteiger partial charge in [0.2, 0.25) is 0 Å². The molecule has 0 bridgehead atoms. The van der Waals surface area contributed by atoms with Gasteiger partial charge in [-0.25, -0.2) is 0 Å². The number of nitriles is 1. The molecule has 0 N–H and O–H groups in total. The van der Waals surface area contributed by atoms with Crippen molar-refractivity contribution in [1.82, 2.24) is 4.98 Å². The van der Waals surface area contributed by atoms with Gasteiger partial charge in [-0.15, -0.1) is 0 Å². The van der Waals surface area contributed by atoms with Crippen LogP contribution in [0.1, 0.15) is 25.0 Å². The van der Waals surface area contributed by atoms with Crippen LogP contribution in [-0.4, -0.2) is 4.98 Å². The average molecular weight is 236 g/mol. The Bertz CT molecular complexity index is 562. The van der Waals surface area contributed by atoms with Crippen LogP contribution in [0.2, 0.25) is 0 Å². The fourth-order valence-corrected chi connectivity index (χ4v) is 2.03. The molecule has 0 spiro atoms. The Balaban J connectivity index is 2.32. The molecule has 0 saturated heterocycles. The zero-order valence-electron chi connectivity index (χ0n) is 10.7. The van der Waals surface area contributed by atoms with E-state index in [2.05, 4.69) is 49.2 Å². The predicted molar refractivity (Wildman–Crippen MR) is 72.9 cm³/mol. The van der Waals surface area contributed by atoms with E-state index in [0.29, 0.717) is 11.5 Å². The summed E-state index contributed by atoms with van der Waals surface area (Å²) in [7, 11) is 0. The van der Waals surface area contributed by atoms with Crippen LogP contribution in [-0.2, 0) is 6.42 Å². The maximum atomic E-state index is 9.06. The average Bonchev–Trinajstić information content (AvgIpc) is 2.39. The molecule has 1 heterocycles. The highest BCUT2D eigenvalue weighted by Gasteiger charge is 2.04. The van der Waals surface area contributed by atoms with E-state index < -0.39 is 0 Å². The van der Waals surface area contributed by atoms with Crippen LogP contribution in [0.25, 0.3) is 11.1 Å². The molecule has 90 valence electrons. The molecule has 0 amide bonds. The Morgan fingerprint density at radius 2 is 1.89 bits per heavy atom. The second-order valence-electron chi connectivity index (χ2n) is 4.83. The lowest BCUT2D eigenvalue weighted by Gasteiger charge is -2.07. The van der Waals surface area contributed by atoms with Gasteiger partial charge in [0, 0.05) is 18.0 Å². The van der Waals surface area contributed by atoms with E-state index in [0.717, 1.165) is 17.5 Å². The van der Waals surface area contributed by atoms with Crippen molar-refractivity contribution in [3.05, 3.63) is 53.9 Å². The van der Waals surface area contributed by atoms with E-state index in [4.69, 9.17) is 5.26 Å². The number of aromatic nitrogens is 1. The van der Waals surface area contributed by atoms with Crippen molar-refractivity contribution in [2.75, 3.05) is 0 Å². The summed E-state index contributed by atoms with van der Waals surface area (Å²) in [6, 6.07) is 12.5. The quantitative estimate of drug-likeness (QED) is 0.812. The molecular weight excluding hydrogens is 220 g/mol. The van der Waals surface area contributed by atoms with Crippen LogP contribution in [0.15, 0.2) is 42.7 Å². The Morgan fingerprint density at radius 3 is 2.50 bits per heavy atom.